The molecule has 18 heavy (non-hydrogen) atoms. The Morgan fingerprint density at radius 3 is 2.72 bits per heavy atom. The summed E-state index contributed by atoms with van der Waals surface area (Å²) in [5, 5.41) is 0. The minimum Gasteiger partial charge on any atom is -0.469 e. The van der Waals surface area contributed by atoms with Gasteiger partial charge < -0.3 is 15.0 Å². The second kappa shape index (κ2) is 4.72. The lowest BCUT2D eigenvalue weighted by atomic mass is 10.1. The van der Waals surface area contributed by atoms with Crippen LogP contribution in [0.5, 0.6) is 5.88 Å². The highest BCUT2D eigenvalue weighted by Gasteiger charge is 2.27. The van der Waals surface area contributed by atoms with Crippen LogP contribution >= 0.6 is 0 Å². The van der Waals surface area contributed by atoms with E-state index >= 15 is 0 Å². The zero-order chi connectivity index (χ0) is 13.3. The van der Waals surface area contributed by atoms with Crippen molar-refractivity contribution in [3.63, 3.8) is 0 Å². The van der Waals surface area contributed by atoms with Gasteiger partial charge in [0.05, 0.1) is 0 Å². The third-order valence-electron chi connectivity index (χ3n) is 3.30. The van der Waals surface area contributed by atoms with Crippen molar-refractivity contribution in [2.24, 2.45) is 5.73 Å². The Bertz CT molecular complexity index is 476. The van der Waals surface area contributed by atoms with Crippen LogP contribution < -0.4 is 16.0 Å². The first-order chi connectivity index (χ1) is 8.39. The van der Waals surface area contributed by atoms with Crippen LogP contribution in [0.2, 0.25) is 0 Å². The van der Waals surface area contributed by atoms with Gasteiger partial charge in [-0.15, -0.1) is 0 Å². The zero-order valence-electron chi connectivity index (χ0n) is 11.2. The summed E-state index contributed by atoms with van der Waals surface area (Å²) in [6, 6.07) is 0.00879. The normalized spacial score (nSPS) is 24.2. The molecule has 0 radical (unpaired) electrons. The second-order valence-electron chi connectivity index (χ2n) is 5.83. The van der Waals surface area contributed by atoms with Crippen LogP contribution in [0.1, 0.15) is 40.0 Å². The topological polar surface area (TPSA) is 70.1 Å². The van der Waals surface area contributed by atoms with Gasteiger partial charge in [-0.25, -0.2) is 4.98 Å². The Kier molecular flexibility index (Phi) is 3.43. The van der Waals surface area contributed by atoms with E-state index in [0.29, 0.717) is 0 Å². The van der Waals surface area contributed by atoms with Gasteiger partial charge >= 0.3 is 5.56 Å². The molecule has 0 aromatic carbocycles. The number of aromatic nitrogens is 2. The number of nitrogens with two attached hydrogens (primary N) is 1. The summed E-state index contributed by atoms with van der Waals surface area (Å²) < 4.78 is 7.32. The average molecular weight is 251 g/mol. The molecule has 2 rings (SSSR count). The van der Waals surface area contributed by atoms with E-state index in [1.807, 2.05) is 20.8 Å². The average Bonchev–Trinajstić information content (AvgIpc) is 2.66. The maximum atomic E-state index is 12.2. The van der Waals surface area contributed by atoms with Crippen molar-refractivity contribution in [2.75, 3.05) is 0 Å². The molecule has 1 aromatic rings. The van der Waals surface area contributed by atoms with Gasteiger partial charge in [0.1, 0.15) is 6.10 Å². The van der Waals surface area contributed by atoms with Gasteiger partial charge in [0.25, 0.3) is 5.88 Å². The van der Waals surface area contributed by atoms with Crippen LogP contribution in [-0.4, -0.2) is 21.7 Å². The van der Waals surface area contributed by atoms with E-state index in [0.717, 1.165) is 19.3 Å². The fraction of sp³-hybridized carbons (Fsp3) is 0.692. The first-order valence-corrected chi connectivity index (χ1v) is 6.40. The summed E-state index contributed by atoms with van der Waals surface area (Å²) in [6.45, 7) is 5.92. The van der Waals surface area contributed by atoms with E-state index in [9.17, 15) is 4.79 Å². The van der Waals surface area contributed by atoms with Gasteiger partial charge in [-0.3, -0.25) is 4.79 Å². The number of rotatable bonds is 2. The Hall–Kier alpha value is -1.36. The van der Waals surface area contributed by atoms with Gasteiger partial charge in [-0.2, -0.15) is 0 Å². The molecule has 1 aliphatic carbocycles. The molecule has 2 unspecified atom stereocenters. The van der Waals surface area contributed by atoms with Gasteiger partial charge in [-0.05, 0) is 40.0 Å². The molecule has 0 amide bonds. The van der Waals surface area contributed by atoms with E-state index < -0.39 is 0 Å². The summed E-state index contributed by atoms with van der Waals surface area (Å²) in [7, 11) is 0. The van der Waals surface area contributed by atoms with Gasteiger partial charge in [0.15, 0.2) is 0 Å². The maximum Gasteiger partial charge on any atom is 0.313 e. The molecule has 5 heteroatoms. The van der Waals surface area contributed by atoms with Crippen LogP contribution in [0.4, 0.5) is 0 Å². The smallest absolute Gasteiger partial charge is 0.313 e. The molecule has 100 valence electrons. The molecule has 0 spiro atoms. The molecule has 0 aliphatic heterocycles. The Morgan fingerprint density at radius 2 is 2.17 bits per heavy atom. The molecular weight excluding hydrogens is 230 g/mol. The predicted molar refractivity (Wildman–Crippen MR) is 69.7 cm³/mol. The number of hydrogen-bond acceptors (Lipinski definition) is 4. The highest BCUT2D eigenvalue weighted by molar-refractivity contribution is 5.08. The van der Waals surface area contributed by atoms with Crippen LogP contribution in [0.3, 0.4) is 0 Å². The lowest BCUT2D eigenvalue weighted by Crippen LogP contribution is -2.38. The monoisotopic (exact) mass is 251 g/mol. The fourth-order valence-electron chi connectivity index (χ4n) is 2.25. The van der Waals surface area contributed by atoms with Crippen molar-refractivity contribution < 1.29 is 4.74 Å². The summed E-state index contributed by atoms with van der Waals surface area (Å²) in [4.78, 5) is 16.3. The number of nitrogens with zero attached hydrogens (tertiary/aromatic N) is 2. The van der Waals surface area contributed by atoms with E-state index in [1.54, 1.807) is 17.0 Å². The first-order valence-electron chi connectivity index (χ1n) is 6.40. The van der Waals surface area contributed by atoms with Gasteiger partial charge in [0, 0.05) is 24.0 Å². The zero-order valence-corrected chi connectivity index (χ0v) is 11.2. The summed E-state index contributed by atoms with van der Waals surface area (Å²) in [6.07, 6.45) is 6.09. The van der Waals surface area contributed by atoms with E-state index in [-0.39, 0.29) is 29.1 Å². The summed E-state index contributed by atoms with van der Waals surface area (Å²) in [5.41, 5.74) is 5.47. The molecule has 1 fully saturated rings. The van der Waals surface area contributed by atoms with Crippen molar-refractivity contribution in [2.45, 2.75) is 57.7 Å². The highest BCUT2D eigenvalue weighted by Crippen LogP contribution is 2.21. The van der Waals surface area contributed by atoms with Crippen LogP contribution in [0.25, 0.3) is 0 Å². The third-order valence-corrected chi connectivity index (χ3v) is 3.30. The lowest BCUT2D eigenvalue weighted by Gasteiger charge is -2.23. The third kappa shape index (κ3) is 2.56. The quantitative estimate of drug-likeness (QED) is 0.859. The molecule has 1 aliphatic rings. The minimum atomic E-state index is -0.282. The second-order valence-corrected chi connectivity index (χ2v) is 5.83. The fourth-order valence-corrected chi connectivity index (χ4v) is 2.25. The number of hydrogen-bond donors (Lipinski definition) is 1. The van der Waals surface area contributed by atoms with Gasteiger partial charge in [0.2, 0.25) is 0 Å². The van der Waals surface area contributed by atoms with E-state index in [4.69, 9.17) is 10.5 Å². The molecule has 0 saturated heterocycles. The van der Waals surface area contributed by atoms with Crippen LogP contribution in [0, 0.1) is 0 Å². The van der Waals surface area contributed by atoms with Crippen molar-refractivity contribution in [1.29, 1.82) is 0 Å². The van der Waals surface area contributed by atoms with Crippen molar-refractivity contribution in [1.82, 2.24) is 9.55 Å². The van der Waals surface area contributed by atoms with Crippen molar-refractivity contribution in [3.8, 4) is 5.88 Å². The molecule has 0 bridgehead atoms. The van der Waals surface area contributed by atoms with Crippen LogP contribution in [-0.2, 0) is 5.54 Å². The Morgan fingerprint density at radius 1 is 1.44 bits per heavy atom. The Balaban J connectivity index is 2.27. The summed E-state index contributed by atoms with van der Waals surface area (Å²) >= 11 is 0. The molecule has 1 aromatic heterocycles. The largest absolute Gasteiger partial charge is 0.469 e. The molecule has 2 atom stereocenters. The first kappa shape index (κ1) is 13.1. The van der Waals surface area contributed by atoms with Crippen molar-refractivity contribution in [3.05, 3.63) is 22.7 Å². The standard InChI is InChI=1S/C13H21N3O2/c1-13(2,3)16-8-7-15-11(12(16)17)18-10-6-4-5-9(10)14/h7-10H,4-6,14H2,1-3H3. The minimum absolute atomic E-state index is 0.00879. The molecule has 2 N–H and O–H groups in total. The van der Waals surface area contributed by atoms with E-state index in [2.05, 4.69) is 4.98 Å². The Labute approximate surface area is 107 Å². The molecule has 5 nitrogen and oxygen atoms in total. The highest BCUT2D eigenvalue weighted by atomic mass is 16.5. The molecule has 1 saturated carbocycles. The summed E-state index contributed by atoms with van der Waals surface area (Å²) in [5.74, 6) is 0.162. The van der Waals surface area contributed by atoms with Crippen molar-refractivity contribution >= 4 is 0 Å². The number of ether oxygens (including phenoxy) is 1. The van der Waals surface area contributed by atoms with Gasteiger partial charge in [-0.1, -0.05) is 0 Å². The maximum absolute atomic E-state index is 12.2. The SMILES string of the molecule is CC(C)(C)n1ccnc(OC2CCCC2N)c1=O. The van der Waals surface area contributed by atoms with E-state index in [1.165, 1.54) is 0 Å². The molecular formula is C13H21N3O2. The molecule has 1 heterocycles. The predicted octanol–water partition coefficient (Wildman–Crippen LogP) is 1.26. The van der Waals surface area contributed by atoms with Crippen LogP contribution in [0.15, 0.2) is 17.2 Å². The lowest BCUT2D eigenvalue weighted by molar-refractivity contribution is 0.177.